The first-order chi connectivity index (χ1) is 8.86. The summed E-state index contributed by atoms with van der Waals surface area (Å²) in [5, 5.41) is 5.14. The molecule has 1 aliphatic heterocycles. The number of thiazole rings is 1. The van der Waals surface area contributed by atoms with Crippen LogP contribution in [0.4, 0.5) is 11.4 Å². The first kappa shape index (κ1) is 11.2. The molecule has 0 radical (unpaired) electrons. The van der Waals surface area contributed by atoms with Crippen molar-refractivity contribution in [3.05, 3.63) is 40.8 Å². The number of hydrogen-bond acceptors (Lipinski definition) is 4. The zero-order valence-corrected chi connectivity index (χ0v) is 10.6. The van der Waals surface area contributed by atoms with Gasteiger partial charge in [-0.15, -0.1) is 11.3 Å². The number of fused-ring (bicyclic) bond motifs is 1. The summed E-state index contributed by atoms with van der Waals surface area (Å²) in [4.78, 5) is 18.3. The summed E-state index contributed by atoms with van der Waals surface area (Å²) in [6.07, 6.45) is 0.935. The van der Waals surface area contributed by atoms with E-state index in [-0.39, 0.29) is 5.91 Å². The highest BCUT2D eigenvalue weighted by atomic mass is 32.1. The molecule has 0 bridgehead atoms. The highest BCUT2D eigenvalue weighted by Crippen LogP contribution is 2.29. The molecule has 2 heterocycles. The number of nitrogens with zero attached hydrogens (tertiary/aromatic N) is 2. The second-order valence-electron chi connectivity index (χ2n) is 4.13. The van der Waals surface area contributed by atoms with E-state index in [4.69, 9.17) is 0 Å². The standard InChI is InChI=1S/C13H13N3OS/c17-13(11-8-18-9-15-11)16-7-3-6-14-10-4-1-2-5-12(10)16/h1-2,4-5,8-9,14H,3,6-7H2. The van der Waals surface area contributed by atoms with Gasteiger partial charge in [0.15, 0.2) is 0 Å². The van der Waals surface area contributed by atoms with E-state index in [1.54, 1.807) is 10.9 Å². The van der Waals surface area contributed by atoms with Crippen LogP contribution in [0.2, 0.25) is 0 Å². The van der Waals surface area contributed by atoms with Crippen molar-refractivity contribution in [3.8, 4) is 0 Å². The van der Waals surface area contributed by atoms with E-state index in [2.05, 4.69) is 10.3 Å². The fourth-order valence-electron chi connectivity index (χ4n) is 2.11. The zero-order chi connectivity index (χ0) is 12.4. The van der Waals surface area contributed by atoms with Gasteiger partial charge in [-0.3, -0.25) is 4.79 Å². The number of benzene rings is 1. The van der Waals surface area contributed by atoms with Crippen LogP contribution in [0, 0.1) is 0 Å². The summed E-state index contributed by atoms with van der Waals surface area (Å²) in [5.74, 6) is -0.0209. The molecule has 0 unspecified atom stereocenters. The molecule has 5 heteroatoms. The number of hydrogen-bond donors (Lipinski definition) is 1. The van der Waals surface area contributed by atoms with Crippen LogP contribution in [0.1, 0.15) is 16.9 Å². The minimum absolute atomic E-state index is 0.0209. The molecule has 1 N–H and O–H groups in total. The van der Waals surface area contributed by atoms with E-state index in [1.165, 1.54) is 11.3 Å². The highest BCUT2D eigenvalue weighted by Gasteiger charge is 2.22. The topological polar surface area (TPSA) is 45.2 Å². The lowest BCUT2D eigenvalue weighted by molar-refractivity contribution is 0.0983. The Morgan fingerprint density at radius 1 is 1.39 bits per heavy atom. The number of carbonyl (C=O) groups is 1. The van der Waals surface area contributed by atoms with Gasteiger partial charge in [-0.1, -0.05) is 12.1 Å². The molecule has 0 aliphatic carbocycles. The molecule has 0 saturated heterocycles. The van der Waals surface area contributed by atoms with Crippen LogP contribution in [-0.2, 0) is 0 Å². The molecule has 0 saturated carbocycles. The Morgan fingerprint density at radius 2 is 2.28 bits per heavy atom. The van der Waals surface area contributed by atoms with Crippen molar-refractivity contribution in [2.45, 2.75) is 6.42 Å². The van der Waals surface area contributed by atoms with Gasteiger partial charge in [0.05, 0.1) is 16.9 Å². The largest absolute Gasteiger partial charge is 0.383 e. The lowest BCUT2D eigenvalue weighted by atomic mass is 10.2. The third-order valence-corrected chi connectivity index (χ3v) is 3.55. The van der Waals surface area contributed by atoms with E-state index < -0.39 is 0 Å². The molecular weight excluding hydrogens is 246 g/mol. The minimum Gasteiger partial charge on any atom is -0.383 e. The molecule has 2 aromatic rings. The molecular formula is C13H13N3OS. The number of amides is 1. The van der Waals surface area contributed by atoms with Crippen molar-refractivity contribution in [3.63, 3.8) is 0 Å². The summed E-state index contributed by atoms with van der Waals surface area (Å²) in [7, 11) is 0. The second-order valence-corrected chi connectivity index (χ2v) is 4.85. The summed E-state index contributed by atoms with van der Waals surface area (Å²) in [6, 6.07) is 7.90. The molecule has 0 fully saturated rings. The Labute approximate surface area is 109 Å². The maximum absolute atomic E-state index is 12.4. The second kappa shape index (κ2) is 4.78. The molecule has 1 amide bonds. The van der Waals surface area contributed by atoms with Gasteiger partial charge in [0.1, 0.15) is 5.69 Å². The van der Waals surface area contributed by atoms with Gasteiger partial charge < -0.3 is 10.2 Å². The lowest BCUT2D eigenvalue weighted by Gasteiger charge is -2.21. The molecule has 1 aromatic heterocycles. The average Bonchev–Trinajstić information content (AvgIpc) is 2.85. The van der Waals surface area contributed by atoms with E-state index in [0.717, 1.165) is 30.9 Å². The van der Waals surface area contributed by atoms with Crippen LogP contribution < -0.4 is 10.2 Å². The maximum Gasteiger partial charge on any atom is 0.277 e. The van der Waals surface area contributed by atoms with Crippen LogP contribution in [-0.4, -0.2) is 24.0 Å². The highest BCUT2D eigenvalue weighted by molar-refractivity contribution is 7.07. The smallest absolute Gasteiger partial charge is 0.277 e. The SMILES string of the molecule is O=C(c1cscn1)N1CCCNc2ccccc21. The van der Waals surface area contributed by atoms with Crippen molar-refractivity contribution in [1.82, 2.24) is 4.98 Å². The van der Waals surface area contributed by atoms with Crippen LogP contribution in [0.15, 0.2) is 35.2 Å². The Balaban J connectivity index is 1.99. The quantitative estimate of drug-likeness (QED) is 0.856. The monoisotopic (exact) mass is 259 g/mol. The summed E-state index contributed by atoms with van der Waals surface area (Å²) < 4.78 is 0. The van der Waals surface area contributed by atoms with E-state index in [9.17, 15) is 4.79 Å². The van der Waals surface area contributed by atoms with Crippen LogP contribution in [0.25, 0.3) is 0 Å². The number of anilines is 2. The van der Waals surface area contributed by atoms with E-state index >= 15 is 0 Å². The fourth-order valence-corrected chi connectivity index (χ4v) is 2.63. The predicted octanol–water partition coefficient (Wildman–Crippen LogP) is 2.61. The van der Waals surface area contributed by atoms with Gasteiger partial charge in [0.2, 0.25) is 0 Å². The fraction of sp³-hybridized carbons (Fsp3) is 0.231. The van der Waals surface area contributed by atoms with Crippen LogP contribution in [0.5, 0.6) is 0 Å². The first-order valence-corrected chi connectivity index (χ1v) is 6.83. The minimum atomic E-state index is -0.0209. The molecule has 4 nitrogen and oxygen atoms in total. The lowest BCUT2D eigenvalue weighted by Crippen LogP contribution is -2.31. The number of rotatable bonds is 1. The van der Waals surface area contributed by atoms with Gasteiger partial charge >= 0.3 is 0 Å². The van der Waals surface area contributed by atoms with Crippen LogP contribution >= 0.6 is 11.3 Å². The number of nitrogens with one attached hydrogen (secondary N) is 1. The number of para-hydroxylation sites is 2. The molecule has 18 heavy (non-hydrogen) atoms. The van der Waals surface area contributed by atoms with Gasteiger partial charge in [-0.05, 0) is 18.6 Å². The zero-order valence-electron chi connectivity index (χ0n) is 9.80. The van der Waals surface area contributed by atoms with Crippen molar-refractivity contribution in [2.24, 2.45) is 0 Å². The molecule has 1 aromatic carbocycles. The van der Waals surface area contributed by atoms with Crippen molar-refractivity contribution < 1.29 is 4.79 Å². The maximum atomic E-state index is 12.4. The van der Waals surface area contributed by atoms with E-state index in [0.29, 0.717) is 5.69 Å². The Bertz CT molecular complexity index is 553. The Hall–Kier alpha value is -1.88. The molecule has 1 aliphatic rings. The van der Waals surface area contributed by atoms with Gasteiger partial charge in [0, 0.05) is 18.5 Å². The molecule has 3 rings (SSSR count). The van der Waals surface area contributed by atoms with E-state index in [1.807, 2.05) is 29.2 Å². The van der Waals surface area contributed by atoms with Crippen molar-refractivity contribution >= 4 is 28.6 Å². The van der Waals surface area contributed by atoms with Crippen molar-refractivity contribution in [2.75, 3.05) is 23.3 Å². The summed E-state index contributed by atoms with van der Waals surface area (Å²) >= 11 is 1.44. The van der Waals surface area contributed by atoms with Gasteiger partial charge in [0.25, 0.3) is 5.91 Å². The average molecular weight is 259 g/mol. The predicted molar refractivity (Wildman–Crippen MR) is 73.3 cm³/mol. The van der Waals surface area contributed by atoms with Crippen molar-refractivity contribution in [1.29, 1.82) is 0 Å². The Kier molecular flexibility index (Phi) is 2.98. The third-order valence-electron chi connectivity index (χ3n) is 2.97. The summed E-state index contributed by atoms with van der Waals surface area (Å²) in [5.41, 5.74) is 4.16. The van der Waals surface area contributed by atoms with Gasteiger partial charge in [-0.2, -0.15) is 0 Å². The molecule has 0 atom stereocenters. The van der Waals surface area contributed by atoms with Gasteiger partial charge in [-0.25, -0.2) is 4.98 Å². The third kappa shape index (κ3) is 1.97. The number of aromatic nitrogens is 1. The molecule has 0 spiro atoms. The Morgan fingerprint density at radius 3 is 3.11 bits per heavy atom. The molecule has 92 valence electrons. The van der Waals surface area contributed by atoms with Crippen LogP contribution in [0.3, 0.4) is 0 Å². The normalized spacial score (nSPS) is 14.6. The first-order valence-electron chi connectivity index (χ1n) is 5.89. The summed E-state index contributed by atoms with van der Waals surface area (Å²) in [6.45, 7) is 1.61. The number of carbonyl (C=O) groups excluding carboxylic acids is 1.